The van der Waals surface area contributed by atoms with Crippen molar-refractivity contribution in [2.45, 2.75) is 33.6 Å². The molecular formula is C24H30N4O3. The zero-order valence-corrected chi connectivity index (χ0v) is 18.4. The number of pyridine rings is 1. The predicted octanol–water partition coefficient (Wildman–Crippen LogP) is 3.71. The van der Waals surface area contributed by atoms with Gasteiger partial charge in [-0.1, -0.05) is 19.9 Å². The van der Waals surface area contributed by atoms with Gasteiger partial charge < -0.3 is 19.4 Å². The van der Waals surface area contributed by atoms with E-state index in [0.717, 1.165) is 36.7 Å². The van der Waals surface area contributed by atoms with Crippen LogP contribution in [0.1, 0.15) is 42.0 Å². The van der Waals surface area contributed by atoms with Crippen molar-refractivity contribution >= 4 is 23.2 Å². The Hall–Kier alpha value is -3.19. The van der Waals surface area contributed by atoms with E-state index < -0.39 is 0 Å². The molecule has 0 fully saturated rings. The van der Waals surface area contributed by atoms with Crippen LogP contribution in [0.15, 0.2) is 48.7 Å². The lowest BCUT2D eigenvalue weighted by Gasteiger charge is -2.17. The Morgan fingerprint density at radius 3 is 2.55 bits per heavy atom. The number of fused-ring (bicyclic) bond motifs is 1. The van der Waals surface area contributed by atoms with Gasteiger partial charge in [0.2, 0.25) is 5.91 Å². The second-order valence-corrected chi connectivity index (χ2v) is 7.36. The van der Waals surface area contributed by atoms with Gasteiger partial charge in [-0.25, -0.2) is 9.78 Å². The highest BCUT2D eigenvalue weighted by Crippen LogP contribution is 2.15. The number of carbonyl (C=O) groups excluding carboxylic acids is 2. The molecule has 2 heterocycles. The molecule has 3 rings (SSSR count). The van der Waals surface area contributed by atoms with Crippen molar-refractivity contribution in [1.29, 1.82) is 0 Å². The summed E-state index contributed by atoms with van der Waals surface area (Å²) in [7, 11) is 0. The Morgan fingerprint density at radius 2 is 1.84 bits per heavy atom. The second kappa shape index (κ2) is 10.7. The van der Waals surface area contributed by atoms with Crippen molar-refractivity contribution in [2.24, 2.45) is 0 Å². The summed E-state index contributed by atoms with van der Waals surface area (Å²) in [5.41, 5.74) is 3.98. The molecule has 164 valence electrons. The average Bonchev–Trinajstić information content (AvgIpc) is 3.10. The van der Waals surface area contributed by atoms with E-state index in [2.05, 4.69) is 29.0 Å². The van der Waals surface area contributed by atoms with Gasteiger partial charge in [0.1, 0.15) is 12.3 Å². The molecule has 0 saturated heterocycles. The first-order valence-corrected chi connectivity index (χ1v) is 10.7. The van der Waals surface area contributed by atoms with Crippen molar-refractivity contribution in [3.63, 3.8) is 0 Å². The van der Waals surface area contributed by atoms with Gasteiger partial charge in [0.15, 0.2) is 0 Å². The van der Waals surface area contributed by atoms with Gasteiger partial charge in [0.25, 0.3) is 0 Å². The maximum Gasteiger partial charge on any atom is 0.338 e. The third-order valence-electron chi connectivity index (χ3n) is 5.36. The third kappa shape index (κ3) is 5.92. The van der Waals surface area contributed by atoms with E-state index in [1.54, 1.807) is 24.3 Å². The predicted molar refractivity (Wildman–Crippen MR) is 121 cm³/mol. The number of imidazole rings is 1. The summed E-state index contributed by atoms with van der Waals surface area (Å²) in [5.74, 6) is -0.437. The zero-order valence-electron chi connectivity index (χ0n) is 18.4. The number of anilines is 1. The highest BCUT2D eigenvalue weighted by Gasteiger charge is 2.12. The quantitative estimate of drug-likeness (QED) is 0.504. The van der Waals surface area contributed by atoms with Crippen LogP contribution in [0.4, 0.5) is 5.69 Å². The number of esters is 1. The molecule has 0 saturated carbocycles. The summed E-state index contributed by atoms with van der Waals surface area (Å²) in [6.07, 6.45) is 2.90. The molecule has 2 aromatic heterocycles. The fourth-order valence-electron chi connectivity index (χ4n) is 3.50. The van der Waals surface area contributed by atoms with Gasteiger partial charge in [-0.2, -0.15) is 0 Å². The first-order valence-electron chi connectivity index (χ1n) is 10.7. The van der Waals surface area contributed by atoms with Crippen LogP contribution in [0.3, 0.4) is 0 Å². The Morgan fingerprint density at radius 1 is 1.10 bits per heavy atom. The number of aryl methyl sites for hydroxylation is 2. The summed E-state index contributed by atoms with van der Waals surface area (Å²) in [4.78, 5) is 31.3. The van der Waals surface area contributed by atoms with Crippen LogP contribution in [-0.4, -0.2) is 52.4 Å². The lowest BCUT2D eigenvalue weighted by molar-refractivity contribution is -0.116. The Bertz CT molecular complexity index is 1020. The van der Waals surface area contributed by atoms with Gasteiger partial charge in [-0.15, -0.1) is 0 Å². The summed E-state index contributed by atoms with van der Waals surface area (Å²) < 4.78 is 7.35. The molecule has 1 aromatic carbocycles. The largest absolute Gasteiger partial charge is 0.461 e. The molecule has 0 radical (unpaired) electrons. The number of likely N-dealkylation sites (N-methyl/N-ethyl adjacent to an activating group) is 1. The van der Waals surface area contributed by atoms with Gasteiger partial charge in [0.05, 0.1) is 11.3 Å². The number of hydrogen-bond acceptors (Lipinski definition) is 5. The first-order chi connectivity index (χ1) is 15.0. The summed E-state index contributed by atoms with van der Waals surface area (Å²) in [5, 5.41) is 2.88. The Balaban J connectivity index is 1.49. The molecule has 1 amide bonds. The Kier molecular flexibility index (Phi) is 7.78. The van der Waals surface area contributed by atoms with Crippen LogP contribution in [-0.2, 0) is 16.0 Å². The standard InChI is InChI=1S/C24H30N4O3/c1-4-27(5-2)16-17-31-24(30)19-9-11-20(12-10-19)26-23(29)14-13-21-18(3)25-22-8-6-7-15-28(21)22/h6-12,15H,4-5,13-14,16-17H2,1-3H3,(H,26,29). The van der Waals surface area contributed by atoms with Crippen molar-refractivity contribution in [3.8, 4) is 0 Å². The van der Waals surface area contributed by atoms with Gasteiger partial charge in [-0.3, -0.25) is 4.79 Å². The molecule has 0 spiro atoms. The topological polar surface area (TPSA) is 75.9 Å². The van der Waals surface area contributed by atoms with Crippen molar-refractivity contribution in [1.82, 2.24) is 14.3 Å². The number of nitrogens with zero attached hydrogens (tertiary/aromatic N) is 3. The van der Waals surface area contributed by atoms with Crippen molar-refractivity contribution < 1.29 is 14.3 Å². The first kappa shape index (κ1) is 22.5. The highest BCUT2D eigenvalue weighted by atomic mass is 16.5. The summed E-state index contributed by atoms with van der Waals surface area (Å²) >= 11 is 0. The molecular weight excluding hydrogens is 392 g/mol. The molecule has 1 N–H and O–H groups in total. The van der Waals surface area contributed by atoms with Crippen LogP contribution in [0, 0.1) is 6.92 Å². The monoisotopic (exact) mass is 422 g/mol. The fourth-order valence-corrected chi connectivity index (χ4v) is 3.50. The summed E-state index contributed by atoms with van der Waals surface area (Å²) in [6, 6.07) is 12.6. The zero-order chi connectivity index (χ0) is 22.2. The van der Waals surface area contributed by atoms with E-state index in [-0.39, 0.29) is 11.9 Å². The van der Waals surface area contributed by atoms with E-state index in [1.165, 1.54) is 0 Å². The molecule has 0 atom stereocenters. The third-order valence-corrected chi connectivity index (χ3v) is 5.36. The van der Waals surface area contributed by atoms with Gasteiger partial charge in [-0.05, 0) is 62.8 Å². The van der Waals surface area contributed by atoms with Crippen molar-refractivity contribution in [3.05, 3.63) is 65.6 Å². The van der Waals surface area contributed by atoms with E-state index >= 15 is 0 Å². The normalized spacial score (nSPS) is 11.1. The van der Waals surface area contributed by atoms with Crippen LogP contribution in [0.5, 0.6) is 0 Å². The maximum atomic E-state index is 12.4. The molecule has 0 unspecified atom stereocenters. The fraction of sp³-hybridized carbons (Fsp3) is 0.375. The molecule has 3 aromatic rings. The molecule has 0 bridgehead atoms. The molecule has 7 heteroatoms. The number of aromatic nitrogens is 2. The number of amides is 1. The van der Waals surface area contributed by atoms with E-state index in [1.807, 2.05) is 35.7 Å². The minimum absolute atomic E-state index is 0.0835. The van der Waals surface area contributed by atoms with E-state index in [9.17, 15) is 9.59 Å². The second-order valence-electron chi connectivity index (χ2n) is 7.36. The number of nitrogens with one attached hydrogen (secondary N) is 1. The minimum Gasteiger partial charge on any atom is -0.461 e. The lowest BCUT2D eigenvalue weighted by Crippen LogP contribution is -2.27. The van der Waals surface area contributed by atoms with Crippen LogP contribution in [0.2, 0.25) is 0 Å². The molecule has 31 heavy (non-hydrogen) atoms. The molecule has 0 aliphatic rings. The van der Waals surface area contributed by atoms with Crippen LogP contribution >= 0.6 is 0 Å². The molecule has 0 aliphatic carbocycles. The number of carbonyl (C=O) groups is 2. The maximum absolute atomic E-state index is 12.4. The number of benzene rings is 1. The number of hydrogen-bond donors (Lipinski definition) is 1. The van der Waals surface area contributed by atoms with E-state index in [4.69, 9.17) is 4.74 Å². The number of rotatable bonds is 10. The van der Waals surface area contributed by atoms with Gasteiger partial charge in [0, 0.05) is 30.5 Å². The summed E-state index contributed by atoms with van der Waals surface area (Å²) in [6.45, 7) is 9.06. The number of ether oxygens (including phenoxy) is 1. The van der Waals surface area contributed by atoms with Gasteiger partial charge >= 0.3 is 5.97 Å². The molecule has 0 aliphatic heterocycles. The smallest absolute Gasteiger partial charge is 0.338 e. The Labute approximate surface area is 183 Å². The molecule has 7 nitrogen and oxygen atoms in total. The average molecular weight is 423 g/mol. The van der Waals surface area contributed by atoms with Crippen LogP contribution < -0.4 is 5.32 Å². The van der Waals surface area contributed by atoms with Crippen molar-refractivity contribution in [2.75, 3.05) is 31.6 Å². The highest BCUT2D eigenvalue weighted by molar-refractivity contribution is 5.93. The van der Waals surface area contributed by atoms with E-state index in [0.29, 0.717) is 30.7 Å². The SMILES string of the molecule is CCN(CC)CCOC(=O)c1ccc(NC(=O)CCc2c(C)nc3ccccn23)cc1. The van der Waals surface area contributed by atoms with Crippen LogP contribution in [0.25, 0.3) is 5.65 Å². The minimum atomic E-state index is -0.354. The lowest BCUT2D eigenvalue weighted by atomic mass is 10.2.